The van der Waals surface area contributed by atoms with Gasteiger partial charge in [-0.05, 0) is 24.8 Å². The van der Waals surface area contributed by atoms with Gasteiger partial charge in [0, 0.05) is 17.8 Å². The number of nitrogens with one attached hydrogen (secondary N) is 1. The monoisotopic (exact) mass is 305 g/mol. The van der Waals surface area contributed by atoms with Crippen LogP contribution in [0.5, 0.6) is 0 Å². The lowest BCUT2D eigenvalue weighted by atomic mass is 9.84. The first-order valence-electron chi connectivity index (χ1n) is 7.72. The van der Waals surface area contributed by atoms with Crippen LogP contribution in [0.25, 0.3) is 0 Å². The molecule has 1 heterocycles. The van der Waals surface area contributed by atoms with E-state index >= 15 is 0 Å². The number of hydrogen-bond donors (Lipinski definition) is 2. The highest BCUT2D eigenvalue weighted by Gasteiger charge is 2.22. The van der Waals surface area contributed by atoms with Gasteiger partial charge < -0.3 is 10.4 Å². The highest BCUT2D eigenvalue weighted by molar-refractivity contribution is 7.10. The van der Waals surface area contributed by atoms with Crippen molar-refractivity contribution in [3.63, 3.8) is 0 Å². The Balaban J connectivity index is 1.90. The summed E-state index contributed by atoms with van der Waals surface area (Å²) in [5.41, 5.74) is 0.701. The maximum Gasteiger partial charge on any atom is 0.252 e. The van der Waals surface area contributed by atoms with Crippen LogP contribution in [0.4, 0.5) is 0 Å². The molecule has 114 valence electrons. The molecule has 2 N–H and O–H groups in total. The average Bonchev–Trinajstić information content (AvgIpc) is 2.97. The molecule has 1 amide bonds. The molecule has 1 aromatic heterocycles. The summed E-state index contributed by atoms with van der Waals surface area (Å²) < 4.78 is 0. The summed E-state index contributed by atoms with van der Waals surface area (Å²) >= 11 is 1.48. The minimum Gasteiger partial charge on any atom is -0.395 e. The van der Waals surface area contributed by atoms with Crippen LogP contribution in [0, 0.1) is 17.8 Å². The van der Waals surface area contributed by atoms with E-state index in [9.17, 15) is 4.79 Å². The van der Waals surface area contributed by atoms with Crippen LogP contribution in [-0.2, 0) is 0 Å². The van der Waals surface area contributed by atoms with Crippen LogP contribution in [0.1, 0.15) is 60.7 Å². The van der Waals surface area contributed by atoms with Crippen molar-refractivity contribution in [3.8, 4) is 11.8 Å². The first-order chi connectivity index (χ1) is 10.2. The fourth-order valence-corrected chi connectivity index (χ4v) is 3.54. The molecular formula is C17H23NO2S. The Kier molecular flexibility index (Phi) is 6.28. The van der Waals surface area contributed by atoms with E-state index in [1.165, 1.54) is 30.6 Å². The molecule has 0 radical (unpaired) electrons. The first kappa shape index (κ1) is 16.1. The Bertz CT molecular complexity index is 526. The fraction of sp³-hybridized carbons (Fsp3) is 0.588. The highest BCUT2D eigenvalue weighted by Crippen LogP contribution is 2.26. The van der Waals surface area contributed by atoms with Gasteiger partial charge in [0.25, 0.3) is 5.91 Å². The van der Waals surface area contributed by atoms with Gasteiger partial charge in [-0.2, -0.15) is 0 Å². The van der Waals surface area contributed by atoms with Crippen molar-refractivity contribution in [2.45, 2.75) is 51.5 Å². The summed E-state index contributed by atoms with van der Waals surface area (Å²) in [6, 6.07) is 2.16. The first-order valence-corrected chi connectivity index (χ1v) is 8.60. The topological polar surface area (TPSA) is 49.3 Å². The van der Waals surface area contributed by atoms with Crippen LogP contribution < -0.4 is 5.32 Å². The number of aliphatic hydroxyl groups is 1. The lowest BCUT2D eigenvalue weighted by molar-refractivity contribution is 0.0919. The Hall–Kier alpha value is -1.31. The molecule has 0 aromatic carbocycles. The van der Waals surface area contributed by atoms with Crippen molar-refractivity contribution < 1.29 is 9.90 Å². The molecule has 0 saturated heterocycles. The zero-order valence-corrected chi connectivity index (χ0v) is 13.3. The number of hydrogen-bond acceptors (Lipinski definition) is 3. The van der Waals surface area contributed by atoms with Gasteiger partial charge in [-0.15, -0.1) is 11.3 Å². The molecule has 2 atom stereocenters. The van der Waals surface area contributed by atoms with Gasteiger partial charge in [-0.25, -0.2) is 0 Å². The summed E-state index contributed by atoms with van der Waals surface area (Å²) in [7, 11) is 0. The Morgan fingerprint density at radius 3 is 3.14 bits per heavy atom. The van der Waals surface area contributed by atoms with Gasteiger partial charge in [0.05, 0.1) is 17.0 Å². The average molecular weight is 305 g/mol. The molecule has 1 saturated carbocycles. The van der Waals surface area contributed by atoms with Gasteiger partial charge in [0.15, 0.2) is 0 Å². The van der Waals surface area contributed by atoms with Crippen LogP contribution in [0.15, 0.2) is 11.4 Å². The molecule has 0 spiro atoms. The van der Waals surface area contributed by atoms with E-state index in [0.717, 1.165) is 23.6 Å². The maximum absolute atomic E-state index is 12.3. The van der Waals surface area contributed by atoms with Crippen molar-refractivity contribution in [1.29, 1.82) is 0 Å². The molecule has 21 heavy (non-hydrogen) atoms. The highest BCUT2D eigenvalue weighted by atomic mass is 32.1. The van der Waals surface area contributed by atoms with Crippen LogP contribution in [0.2, 0.25) is 0 Å². The number of carbonyl (C=O) groups excluding carboxylic acids is 1. The second kappa shape index (κ2) is 8.21. The molecule has 0 aliphatic heterocycles. The van der Waals surface area contributed by atoms with Gasteiger partial charge in [0.2, 0.25) is 0 Å². The number of aliphatic hydroxyl groups excluding tert-OH is 1. The zero-order chi connectivity index (χ0) is 15.1. The lowest BCUT2D eigenvalue weighted by Gasteiger charge is -2.28. The summed E-state index contributed by atoms with van der Waals surface area (Å²) in [5, 5.41) is 13.7. The lowest BCUT2D eigenvalue weighted by Crippen LogP contribution is -2.38. The van der Waals surface area contributed by atoms with E-state index in [4.69, 9.17) is 5.11 Å². The number of amides is 1. The minimum absolute atomic E-state index is 0.0169. The molecule has 3 nitrogen and oxygen atoms in total. The molecule has 1 fully saturated rings. The zero-order valence-electron chi connectivity index (χ0n) is 12.5. The van der Waals surface area contributed by atoms with E-state index in [2.05, 4.69) is 24.1 Å². The summed E-state index contributed by atoms with van der Waals surface area (Å²) in [4.78, 5) is 13.1. The quantitative estimate of drug-likeness (QED) is 0.839. The minimum atomic E-state index is 0.0169. The molecule has 1 aliphatic carbocycles. The van der Waals surface area contributed by atoms with E-state index in [1.807, 2.05) is 11.4 Å². The Morgan fingerprint density at radius 1 is 1.52 bits per heavy atom. The summed E-state index contributed by atoms with van der Waals surface area (Å²) in [6.45, 7) is 2.30. The number of thiophene rings is 1. The van der Waals surface area contributed by atoms with E-state index < -0.39 is 0 Å². The SMILES string of the molecule is CCC1CCCC(NC(=O)c2csc(C#CCCO)c2)C1. The molecule has 4 heteroatoms. The molecule has 1 aliphatic rings. The normalized spacial score (nSPS) is 21.4. The third kappa shape index (κ3) is 4.87. The van der Waals surface area contributed by atoms with Crippen molar-refractivity contribution in [2.75, 3.05) is 6.61 Å². The largest absolute Gasteiger partial charge is 0.395 e. The van der Waals surface area contributed by atoms with Crippen LogP contribution in [-0.4, -0.2) is 23.7 Å². The molecular weight excluding hydrogens is 282 g/mol. The Morgan fingerprint density at radius 2 is 2.38 bits per heavy atom. The predicted octanol–water partition coefficient (Wildman–Crippen LogP) is 3.18. The molecule has 1 aromatic rings. The van der Waals surface area contributed by atoms with Crippen molar-refractivity contribution >= 4 is 17.2 Å². The fourth-order valence-electron chi connectivity index (χ4n) is 2.79. The molecule has 2 rings (SSSR count). The van der Waals surface area contributed by atoms with Crippen molar-refractivity contribution in [1.82, 2.24) is 5.32 Å². The van der Waals surface area contributed by atoms with Crippen molar-refractivity contribution in [2.24, 2.45) is 5.92 Å². The smallest absolute Gasteiger partial charge is 0.252 e. The number of carbonyl (C=O) groups is 1. The maximum atomic E-state index is 12.3. The second-order valence-corrected chi connectivity index (χ2v) is 6.50. The van der Waals surface area contributed by atoms with Gasteiger partial charge in [0.1, 0.15) is 0 Å². The number of rotatable bonds is 4. The van der Waals surface area contributed by atoms with E-state index in [1.54, 1.807) is 0 Å². The van der Waals surface area contributed by atoms with Gasteiger partial charge in [-0.1, -0.05) is 38.0 Å². The molecule has 2 unspecified atom stereocenters. The second-order valence-electron chi connectivity index (χ2n) is 5.59. The van der Waals surface area contributed by atoms with Crippen molar-refractivity contribution in [3.05, 3.63) is 21.9 Å². The van der Waals surface area contributed by atoms with E-state index in [-0.39, 0.29) is 12.5 Å². The third-order valence-electron chi connectivity index (χ3n) is 4.01. The van der Waals surface area contributed by atoms with Crippen LogP contribution in [0.3, 0.4) is 0 Å². The third-order valence-corrected chi connectivity index (χ3v) is 4.85. The molecule has 0 bridgehead atoms. The van der Waals surface area contributed by atoms with Gasteiger partial charge in [-0.3, -0.25) is 4.79 Å². The van der Waals surface area contributed by atoms with Gasteiger partial charge >= 0.3 is 0 Å². The Labute approximate surface area is 130 Å². The summed E-state index contributed by atoms with van der Waals surface area (Å²) in [5.74, 6) is 6.62. The van der Waals surface area contributed by atoms with Crippen LogP contribution >= 0.6 is 11.3 Å². The summed E-state index contributed by atoms with van der Waals surface area (Å²) in [6.07, 6.45) is 6.39. The standard InChI is InChI=1S/C17H23NO2S/c1-2-13-6-5-7-15(10-13)18-17(20)14-11-16(21-12-14)8-3-4-9-19/h11-13,15,19H,2,4-7,9-10H2,1H3,(H,18,20). The predicted molar refractivity (Wildman–Crippen MR) is 86.4 cm³/mol. The van der Waals surface area contributed by atoms with E-state index in [0.29, 0.717) is 18.0 Å².